The van der Waals surface area contributed by atoms with Crippen molar-refractivity contribution in [2.75, 3.05) is 13.7 Å². The number of rotatable bonds is 9. The molecule has 6 heteroatoms. The summed E-state index contributed by atoms with van der Waals surface area (Å²) in [6.07, 6.45) is 2.02. The van der Waals surface area contributed by atoms with Gasteiger partial charge in [0.2, 0.25) is 0 Å². The topological polar surface area (TPSA) is 84.9 Å². The molecule has 1 aromatic carbocycles. The summed E-state index contributed by atoms with van der Waals surface area (Å²) in [6, 6.07) is 6.07. The van der Waals surface area contributed by atoms with Crippen molar-refractivity contribution in [2.45, 2.75) is 32.2 Å². The first kappa shape index (κ1) is 16.8. The van der Waals surface area contributed by atoms with Crippen LogP contribution < -0.4 is 14.8 Å². The smallest absolute Gasteiger partial charge is 0.326 e. The number of aliphatic carboxylic acids is 1. The molecule has 0 aliphatic heterocycles. The Morgan fingerprint density at radius 3 is 2.52 bits per heavy atom. The van der Waals surface area contributed by atoms with Crippen LogP contribution in [0.4, 0.5) is 0 Å². The number of carboxylic acids is 1. The summed E-state index contributed by atoms with van der Waals surface area (Å²) in [5.41, 5.74) is 0. The van der Waals surface area contributed by atoms with Crippen molar-refractivity contribution >= 4 is 11.9 Å². The molecule has 2 N–H and O–H groups in total. The van der Waals surface area contributed by atoms with E-state index in [0.29, 0.717) is 17.9 Å². The number of methoxy groups -OCH3 is 1. The molecule has 116 valence electrons. The minimum Gasteiger partial charge on any atom is -0.493 e. The van der Waals surface area contributed by atoms with Gasteiger partial charge >= 0.3 is 5.97 Å². The fourth-order valence-electron chi connectivity index (χ4n) is 1.78. The van der Waals surface area contributed by atoms with Crippen LogP contribution in [0.1, 0.15) is 26.2 Å². The van der Waals surface area contributed by atoms with E-state index in [2.05, 4.69) is 5.32 Å². The molecule has 1 atom stereocenters. The predicted octanol–water partition coefficient (Wildman–Crippen LogP) is 1.83. The summed E-state index contributed by atoms with van der Waals surface area (Å²) in [6.45, 7) is 1.71. The van der Waals surface area contributed by atoms with Crippen molar-refractivity contribution in [3.63, 3.8) is 0 Å². The number of unbranched alkanes of at least 4 members (excludes halogenated alkanes) is 1. The lowest BCUT2D eigenvalue weighted by atomic mass is 10.1. The lowest BCUT2D eigenvalue weighted by molar-refractivity contribution is -0.142. The minimum absolute atomic E-state index is 0.254. The third-order valence-corrected chi connectivity index (χ3v) is 2.91. The second-order valence-electron chi connectivity index (χ2n) is 4.54. The quantitative estimate of drug-likeness (QED) is 0.726. The zero-order chi connectivity index (χ0) is 15.7. The summed E-state index contributed by atoms with van der Waals surface area (Å²) >= 11 is 0. The third-order valence-electron chi connectivity index (χ3n) is 2.91. The molecule has 0 saturated carbocycles. The summed E-state index contributed by atoms with van der Waals surface area (Å²) in [7, 11) is 1.51. The fraction of sp³-hybridized carbons (Fsp3) is 0.467. The average Bonchev–Trinajstić information content (AvgIpc) is 2.49. The number of amides is 1. The highest BCUT2D eigenvalue weighted by Gasteiger charge is 2.19. The largest absolute Gasteiger partial charge is 0.493 e. The van der Waals surface area contributed by atoms with Crippen LogP contribution in [0.3, 0.4) is 0 Å². The monoisotopic (exact) mass is 295 g/mol. The molecular formula is C15H21NO5. The van der Waals surface area contributed by atoms with Gasteiger partial charge in [-0.15, -0.1) is 0 Å². The first-order valence-electron chi connectivity index (χ1n) is 6.86. The number of carboxylic acid groups (broad SMARTS) is 1. The number of benzene rings is 1. The van der Waals surface area contributed by atoms with Crippen LogP contribution in [0.25, 0.3) is 0 Å². The number of carbonyl (C=O) groups excluding carboxylic acids is 1. The van der Waals surface area contributed by atoms with Gasteiger partial charge in [-0.2, -0.15) is 0 Å². The Morgan fingerprint density at radius 2 is 1.95 bits per heavy atom. The maximum Gasteiger partial charge on any atom is 0.326 e. The van der Waals surface area contributed by atoms with E-state index in [1.54, 1.807) is 24.3 Å². The molecule has 0 saturated heterocycles. The van der Waals surface area contributed by atoms with Gasteiger partial charge in [0.25, 0.3) is 5.91 Å². The number of hydrogen-bond acceptors (Lipinski definition) is 4. The molecule has 21 heavy (non-hydrogen) atoms. The zero-order valence-corrected chi connectivity index (χ0v) is 12.3. The summed E-state index contributed by atoms with van der Waals surface area (Å²) in [5, 5.41) is 11.5. The van der Waals surface area contributed by atoms with Crippen LogP contribution in [-0.4, -0.2) is 36.7 Å². The Hall–Kier alpha value is -2.24. The summed E-state index contributed by atoms with van der Waals surface area (Å²) in [4.78, 5) is 22.8. The molecule has 1 unspecified atom stereocenters. The minimum atomic E-state index is -1.03. The molecule has 1 aromatic rings. The van der Waals surface area contributed by atoms with E-state index in [1.807, 2.05) is 6.92 Å². The van der Waals surface area contributed by atoms with Gasteiger partial charge in [-0.3, -0.25) is 4.79 Å². The van der Waals surface area contributed by atoms with Crippen molar-refractivity contribution in [2.24, 2.45) is 0 Å². The normalized spacial score (nSPS) is 11.5. The van der Waals surface area contributed by atoms with Gasteiger partial charge in [0.05, 0.1) is 7.11 Å². The highest BCUT2D eigenvalue weighted by molar-refractivity contribution is 5.84. The number of ether oxygens (including phenoxy) is 2. The van der Waals surface area contributed by atoms with Crippen molar-refractivity contribution in [3.05, 3.63) is 24.3 Å². The Morgan fingerprint density at radius 1 is 1.29 bits per heavy atom. The van der Waals surface area contributed by atoms with Gasteiger partial charge < -0.3 is 19.9 Å². The van der Waals surface area contributed by atoms with E-state index in [0.717, 1.165) is 12.8 Å². The SMILES string of the molecule is CCCCC(NC(=O)COc1ccccc1OC)C(=O)O. The molecule has 0 bridgehead atoms. The molecule has 0 spiro atoms. The highest BCUT2D eigenvalue weighted by atomic mass is 16.5. The van der Waals surface area contributed by atoms with E-state index < -0.39 is 17.9 Å². The van der Waals surface area contributed by atoms with Gasteiger partial charge in [-0.05, 0) is 18.6 Å². The molecule has 1 amide bonds. The molecule has 0 radical (unpaired) electrons. The Bertz CT molecular complexity index is 475. The Labute approximate surface area is 124 Å². The maximum absolute atomic E-state index is 11.8. The number of para-hydroxylation sites is 2. The molecule has 0 aliphatic carbocycles. The maximum atomic E-state index is 11.8. The molecule has 0 heterocycles. The van der Waals surface area contributed by atoms with E-state index in [1.165, 1.54) is 7.11 Å². The standard InChI is InChI=1S/C15H21NO5/c1-3-4-7-11(15(18)19)16-14(17)10-21-13-9-6-5-8-12(13)20-2/h5-6,8-9,11H,3-4,7,10H2,1-2H3,(H,16,17)(H,18,19). The van der Waals surface area contributed by atoms with Crippen LogP contribution in [0.2, 0.25) is 0 Å². The molecule has 0 fully saturated rings. The van der Waals surface area contributed by atoms with Crippen molar-refractivity contribution < 1.29 is 24.2 Å². The predicted molar refractivity (Wildman–Crippen MR) is 77.6 cm³/mol. The van der Waals surface area contributed by atoms with Gasteiger partial charge in [0.1, 0.15) is 6.04 Å². The van der Waals surface area contributed by atoms with Crippen LogP contribution in [0.5, 0.6) is 11.5 Å². The van der Waals surface area contributed by atoms with Crippen LogP contribution in [0.15, 0.2) is 24.3 Å². The second kappa shape index (κ2) is 8.84. The molecular weight excluding hydrogens is 274 g/mol. The molecule has 1 rings (SSSR count). The van der Waals surface area contributed by atoms with E-state index in [-0.39, 0.29) is 6.61 Å². The van der Waals surface area contributed by atoms with Crippen molar-refractivity contribution in [1.82, 2.24) is 5.32 Å². The van der Waals surface area contributed by atoms with Crippen LogP contribution >= 0.6 is 0 Å². The molecule has 0 aliphatic rings. The Kier molecular flexibility index (Phi) is 7.08. The lowest BCUT2D eigenvalue weighted by Crippen LogP contribution is -2.42. The highest BCUT2D eigenvalue weighted by Crippen LogP contribution is 2.25. The lowest BCUT2D eigenvalue weighted by Gasteiger charge is -2.15. The van der Waals surface area contributed by atoms with Gasteiger partial charge in [-0.25, -0.2) is 4.79 Å². The number of carbonyl (C=O) groups is 2. The first-order chi connectivity index (χ1) is 10.1. The fourth-order valence-corrected chi connectivity index (χ4v) is 1.78. The van der Waals surface area contributed by atoms with E-state index in [9.17, 15) is 9.59 Å². The average molecular weight is 295 g/mol. The summed E-state index contributed by atoms with van der Waals surface area (Å²) < 4.78 is 10.4. The van der Waals surface area contributed by atoms with Crippen molar-refractivity contribution in [3.8, 4) is 11.5 Å². The molecule has 6 nitrogen and oxygen atoms in total. The molecule has 0 aromatic heterocycles. The number of hydrogen-bond donors (Lipinski definition) is 2. The van der Waals surface area contributed by atoms with E-state index >= 15 is 0 Å². The Balaban J connectivity index is 2.50. The first-order valence-corrected chi connectivity index (χ1v) is 6.86. The van der Waals surface area contributed by atoms with Gasteiger partial charge in [0, 0.05) is 0 Å². The van der Waals surface area contributed by atoms with Crippen LogP contribution in [0, 0.1) is 0 Å². The van der Waals surface area contributed by atoms with Crippen molar-refractivity contribution in [1.29, 1.82) is 0 Å². The zero-order valence-electron chi connectivity index (χ0n) is 12.3. The third kappa shape index (κ3) is 5.72. The van der Waals surface area contributed by atoms with Gasteiger partial charge in [0.15, 0.2) is 18.1 Å². The second-order valence-corrected chi connectivity index (χ2v) is 4.54. The van der Waals surface area contributed by atoms with E-state index in [4.69, 9.17) is 14.6 Å². The van der Waals surface area contributed by atoms with Crippen LogP contribution in [-0.2, 0) is 9.59 Å². The van der Waals surface area contributed by atoms with Gasteiger partial charge in [-0.1, -0.05) is 31.9 Å². The summed E-state index contributed by atoms with van der Waals surface area (Å²) in [5.74, 6) is -0.542. The number of nitrogens with one attached hydrogen (secondary N) is 1.